The summed E-state index contributed by atoms with van der Waals surface area (Å²) in [5.41, 5.74) is 7.07. The van der Waals surface area contributed by atoms with Crippen molar-refractivity contribution in [3.05, 3.63) is 29.8 Å². The molecular weight excluding hydrogens is 238 g/mol. The molecule has 0 aliphatic carbocycles. The van der Waals surface area contributed by atoms with Gasteiger partial charge in [0.1, 0.15) is 0 Å². The standard InChI is InChI=1S/C11H19N3O2S/c1-3-8-13-17(15,16)14(2)11-6-4-10(9-12)5-7-11/h4-7,13H,3,8-9,12H2,1-2H3. The van der Waals surface area contributed by atoms with E-state index in [9.17, 15) is 8.42 Å². The van der Waals surface area contributed by atoms with Gasteiger partial charge in [-0.1, -0.05) is 19.1 Å². The lowest BCUT2D eigenvalue weighted by molar-refractivity contribution is 0.579. The van der Waals surface area contributed by atoms with Crippen molar-refractivity contribution in [1.29, 1.82) is 0 Å². The van der Waals surface area contributed by atoms with Crippen molar-refractivity contribution >= 4 is 15.9 Å². The first-order valence-electron chi connectivity index (χ1n) is 5.53. The minimum absolute atomic E-state index is 0.438. The maximum Gasteiger partial charge on any atom is 0.301 e. The summed E-state index contributed by atoms with van der Waals surface area (Å²) in [6.45, 7) is 2.80. The van der Waals surface area contributed by atoms with Gasteiger partial charge in [-0.25, -0.2) is 0 Å². The van der Waals surface area contributed by atoms with Crippen molar-refractivity contribution in [2.75, 3.05) is 17.9 Å². The van der Waals surface area contributed by atoms with E-state index in [0.717, 1.165) is 12.0 Å². The lowest BCUT2D eigenvalue weighted by Crippen LogP contribution is -2.38. The van der Waals surface area contributed by atoms with Gasteiger partial charge in [-0.05, 0) is 24.1 Å². The molecule has 1 rings (SSSR count). The van der Waals surface area contributed by atoms with Gasteiger partial charge in [-0.15, -0.1) is 0 Å². The molecule has 0 amide bonds. The molecule has 0 bridgehead atoms. The Kier molecular flexibility index (Phi) is 4.92. The molecule has 0 saturated carbocycles. The second-order valence-corrected chi connectivity index (χ2v) is 5.52. The Balaban J connectivity index is 2.84. The second-order valence-electron chi connectivity index (χ2n) is 3.74. The third-order valence-electron chi connectivity index (χ3n) is 2.43. The van der Waals surface area contributed by atoms with Crippen molar-refractivity contribution in [2.45, 2.75) is 19.9 Å². The summed E-state index contributed by atoms with van der Waals surface area (Å²) in [5, 5.41) is 0. The third kappa shape index (κ3) is 3.69. The summed E-state index contributed by atoms with van der Waals surface area (Å²) in [6, 6.07) is 7.13. The molecule has 0 radical (unpaired) electrons. The number of nitrogens with zero attached hydrogens (tertiary/aromatic N) is 1. The predicted molar refractivity (Wildman–Crippen MR) is 69.9 cm³/mol. The molecule has 5 nitrogen and oxygen atoms in total. The van der Waals surface area contributed by atoms with Gasteiger partial charge < -0.3 is 5.73 Å². The minimum atomic E-state index is -3.44. The highest BCUT2D eigenvalue weighted by molar-refractivity contribution is 7.90. The molecule has 17 heavy (non-hydrogen) atoms. The number of nitrogens with one attached hydrogen (secondary N) is 1. The molecule has 0 saturated heterocycles. The van der Waals surface area contributed by atoms with Crippen LogP contribution in [0.5, 0.6) is 0 Å². The number of anilines is 1. The van der Waals surface area contributed by atoms with Crippen LogP contribution in [0.25, 0.3) is 0 Å². The predicted octanol–water partition coefficient (Wildman–Crippen LogP) is 0.826. The molecule has 0 atom stereocenters. The highest BCUT2D eigenvalue weighted by Gasteiger charge is 2.16. The van der Waals surface area contributed by atoms with E-state index < -0.39 is 10.2 Å². The van der Waals surface area contributed by atoms with Gasteiger partial charge in [-0.3, -0.25) is 4.31 Å². The monoisotopic (exact) mass is 257 g/mol. The lowest BCUT2D eigenvalue weighted by atomic mass is 10.2. The minimum Gasteiger partial charge on any atom is -0.326 e. The Morgan fingerprint density at radius 3 is 2.35 bits per heavy atom. The lowest BCUT2D eigenvalue weighted by Gasteiger charge is -2.19. The molecule has 96 valence electrons. The summed E-state index contributed by atoms with van der Waals surface area (Å²) >= 11 is 0. The number of nitrogens with two attached hydrogens (primary N) is 1. The van der Waals surface area contributed by atoms with Crippen LogP contribution in [0.15, 0.2) is 24.3 Å². The van der Waals surface area contributed by atoms with Crippen LogP contribution in [0.2, 0.25) is 0 Å². The van der Waals surface area contributed by atoms with Crippen LogP contribution in [0.1, 0.15) is 18.9 Å². The van der Waals surface area contributed by atoms with Crippen molar-refractivity contribution in [2.24, 2.45) is 5.73 Å². The van der Waals surface area contributed by atoms with Gasteiger partial charge in [0.15, 0.2) is 0 Å². The van der Waals surface area contributed by atoms with Crippen molar-refractivity contribution in [3.63, 3.8) is 0 Å². The summed E-state index contributed by atoms with van der Waals surface area (Å²) in [6.07, 6.45) is 0.763. The van der Waals surface area contributed by atoms with Crippen LogP contribution in [0.3, 0.4) is 0 Å². The first kappa shape index (κ1) is 14.0. The Hall–Kier alpha value is -1.11. The summed E-state index contributed by atoms with van der Waals surface area (Å²) in [4.78, 5) is 0. The van der Waals surface area contributed by atoms with Crippen LogP contribution in [0.4, 0.5) is 5.69 Å². The Morgan fingerprint density at radius 1 is 1.29 bits per heavy atom. The van der Waals surface area contributed by atoms with E-state index in [1.54, 1.807) is 12.1 Å². The van der Waals surface area contributed by atoms with Crippen molar-refractivity contribution < 1.29 is 8.42 Å². The molecule has 3 N–H and O–H groups in total. The van der Waals surface area contributed by atoms with E-state index in [2.05, 4.69) is 4.72 Å². The summed E-state index contributed by atoms with van der Waals surface area (Å²) < 4.78 is 27.4. The third-order valence-corrected chi connectivity index (χ3v) is 3.93. The fourth-order valence-corrected chi connectivity index (χ4v) is 2.36. The molecule has 0 spiro atoms. The van der Waals surface area contributed by atoms with E-state index in [1.165, 1.54) is 11.4 Å². The number of rotatable bonds is 6. The van der Waals surface area contributed by atoms with Crippen LogP contribution >= 0.6 is 0 Å². The molecule has 0 aliphatic rings. The Labute approximate surface area is 103 Å². The van der Waals surface area contributed by atoms with Crippen LogP contribution in [0, 0.1) is 0 Å². The van der Waals surface area contributed by atoms with Gasteiger partial charge in [-0.2, -0.15) is 13.1 Å². The van der Waals surface area contributed by atoms with Gasteiger partial charge in [0.25, 0.3) is 0 Å². The van der Waals surface area contributed by atoms with Crippen molar-refractivity contribution in [1.82, 2.24) is 4.72 Å². The Bertz CT molecular complexity index is 442. The maximum absolute atomic E-state index is 11.8. The molecule has 1 aromatic carbocycles. The maximum atomic E-state index is 11.8. The molecular formula is C11H19N3O2S. The molecule has 0 fully saturated rings. The topological polar surface area (TPSA) is 75.4 Å². The summed E-state index contributed by atoms with van der Waals surface area (Å²) in [7, 11) is -1.92. The van der Waals surface area contributed by atoms with E-state index in [1.807, 2.05) is 19.1 Å². The molecule has 0 heterocycles. The SMILES string of the molecule is CCCNS(=O)(=O)N(C)c1ccc(CN)cc1. The van der Waals surface area contributed by atoms with Crippen LogP contribution in [-0.4, -0.2) is 22.0 Å². The fraction of sp³-hybridized carbons (Fsp3) is 0.455. The van der Waals surface area contributed by atoms with E-state index in [4.69, 9.17) is 5.73 Å². The van der Waals surface area contributed by atoms with Crippen LogP contribution < -0.4 is 14.8 Å². The highest BCUT2D eigenvalue weighted by Crippen LogP contribution is 2.15. The number of hydrogen-bond donors (Lipinski definition) is 2. The average molecular weight is 257 g/mol. The largest absolute Gasteiger partial charge is 0.326 e. The molecule has 0 unspecified atom stereocenters. The summed E-state index contributed by atoms with van der Waals surface area (Å²) in [5.74, 6) is 0. The van der Waals surface area contributed by atoms with Gasteiger partial charge >= 0.3 is 10.2 Å². The van der Waals surface area contributed by atoms with Gasteiger partial charge in [0.2, 0.25) is 0 Å². The van der Waals surface area contributed by atoms with Gasteiger partial charge in [0, 0.05) is 20.1 Å². The zero-order valence-electron chi connectivity index (χ0n) is 10.2. The molecule has 6 heteroatoms. The van der Waals surface area contributed by atoms with E-state index >= 15 is 0 Å². The van der Waals surface area contributed by atoms with Gasteiger partial charge in [0.05, 0.1) is 5.69 Å². The fourth-order valence-electron chi connectivity index (χ4n) is 1.31. The number of hydrogen-bond acceptors (Lipinski definition) is 3. The quantitative estimate of drug-likeness (QED) is 0.792. The van der Waals surface area contributed by atoms with Crippen molar-refractivity contribution in [3.8, 4) is 0 Å². The zero-order chi connectivity index (χ0) is 12.9. The average Bonchev–Trinajstić information content (AvgIpc) is 2.35. The molecule has 1 aromatic rings. The first-order chi connectivity index (χ1) is 8.01. The number of benzene rings is 1. The Morgan fingerprint density at radius 2 is 1.88 bits per heavy atom. The molecule has 0 aromatic heterocycles. The first-order valence-corrected chi connectivity index (χ1v) is 6.97. The van der Waals surface area contributed by atoms with E-state index in [-0.39, 0.29) is 0 Å². The molecule has 0 aliphatic heterocycles. The smallest absolute Gasteiger partial charge is 0.301 e. The zero-order valence-corrected chi connectivity index (χ0v) is 11.0. The van der Waals surface area contributed by atoms with E-state index in [0.29, 0.717) is 18.8 Å². The highest BCUT2D eigenvalue weighted by atomic mass is 32.2. The van der Waals surface area contributed by atoms with Crippen LogP contribution in [-0.2, 0) is 16.8 Å². The second kappa shape index (κ2) is 6.00. The normalized spacial score (nSPS) is 11.5.